The molecule has 1 amide bonds. The number of carbonyl (C=O) groups excluding carboxylic acids is 1. The summed E-state index contributed by atoms with van der Waals surface area (Å²) in [5, 5.41) is 6.29. The molecule has 0 spiro atoms. The van der Waals surface area contributed by atoms with Crippen LogP contribution in [0.2, 0.25) is 0 Å². The first-order valence-electron chi connectivity index (χ1n) is 10.6. The molecule has 2 aromatic rings. The highest BCUT2D eigenvalue weighted by molar-refractivity contribution is 14.0. The first kappa shape index (κ1) is 27.7. The van der Waals surface area contributed by atoms with Crippen molar-refractivity contribution in [1.29, 1.82) is 0 Å². The third kappa shape index (κ3) is 9.44. The van der Waals surface area contributed by atoms with Crippen LogP contribution in [0.4, 0.5) is 0 Å². The molecule has 0 aliphatic heterocycles. The van der Waals surface area contributed by atoms with Crippen molar-refractivity contribution >= 4 is 35.8 Å². The number of ether oxygens (including phenoxy) is 1. The number of benzene rings is 2. The summed E-state index contributed by atoms with van der Waals surface area (Å²) in [4.78, 5) is 21.3. The van der Waals surface area contributed by atoms with Crippen LogP contribution in [-0.2, 0) is 13.1 Å². The SMILES string of the molecule is CCNC(=NCc1cccc(C(=O)NCCN(C)C)c1)N(C)Cc1ccc(OC)cc1.I. The standard InChI is InChI=1S/C24H35N5O2.HI/c1-6-25-24(29(4)18-19-10-12-22(31-5)13-11-19)27-17-20-8-7-9-21(16-20)23(30)26-14-15-28(2)3;/h7-13,16H,6,14-15,17-18H2,1-5H3,(H,25,27)(H,26,30);1H. The number of amides is 1. The van der Waals surface area contributed by atoms with E-state index in [1.165, 1.54) is 5.56 Å². The fourth-order valence-corrected chi connectivity index (χ4v) is 3.02. The van der Waals surface area contributed by atoms with E-state index in [1.54, 1.807) is 7.11 Å². The molecule has 176 valence electrons. The Morgan fingerprint density at radius 3 is 2.38 bits per heavy atom. The number of hydrogen-bond donors (Lipinski definition) is 2. The van der Waals surface area contributed by atoms with Crippen LogP contribution < -0.4 is 15.4 Å². The molecule has 0 bridgehead atoms. The second-order valence-corrected chi connectivity index (χ2v) is 7.63. The van der Waals surface area contributed by atoms with Gasteiger partial charge in [-0.15, -0.1) is 24.0 Å². The van der Waals surface area contributed by atoms with E-state index in [9.17, 15) is 4.79 Å². The Morgan fingerprint density at radius 2 is 1.75 bits per heavy atom. The molecule has 0 atom stereocenters. The first-order valence-corrected chi connectivity index (χ1v) is 10.6. The smallest absolute Gasteiger partial charge is 0.251 e. The minimum Gasteiger partial charge on any atom is -0.497 e. The van der Waals surface area contributed by atoms with Crippen molar-refractivity contribution in [3.05, 3.63) is 65.2 Å². The van der Waals surface area contributed by atoms with E-state index in [1.807, 2.05) is 62.4 Å². The van der Waals surface area contributed by atoms with Gasteiger partial charge in [0.05, 0.1) is 13.7 Å². The Morgan fingerprint density at radius 1 is 1.03 bits per heavy atom. The summed E-state index contributed by atoms with van der Waals surface area (Å²) in [5.41, 5.74) is 2.82. The molecule has 2 rings (SSSR count). The van der Waals surface area contributed by atoms with Gasteiger partial charge in [0.15, 0.2) is 5.96 Å². The number of nitrogens with one attached hydrogen (secondary N) is 2. The number of likely N-dealkylation sites (N-methyl/N-ethyl adjacent to an activating group) is 1. The molecule has 2 N–H and O–H groups in total. The van der Waals surface area contributed by atoms with Crippen molar-refractivity contribution < 1.29 is 9.53 Å². The molecule has 0 aromatic heterocycles. The van der Waals surface area contributed by atoms with Crippen LogP contribution in [-0.4, -0.2) is 69.6 Å². The summed E-state index contributed by atoms with van der Waals surface area (Å²) >= 11 is 0. The number of rotatable bonds is 10. The predicted octanol–water partition coefficient (Wildman–Crippen LogP) is 3.20. The van der Waals surface area contributed by atoms with Crippen LogP contribution >= 0.6 is 24.0 Å². The number of guanidine groups is 1. The second kappa shape index (κ2) is 14.7. The van der Waals surface area contributed by atoms with Crippen LogP contribution in [0.5, 0.6) is 5.75 Å². The topological polar surface area (TPSA) is 69.2 Å². The van der Waals surface area contributed by atoms with Gasteiger partial charge in [-0.3, -0.25) is 4.79 Å². The zero-order valence-electron chi connectivity index (χ0n) is 19.7. The van der Waals surface area contributed by atoms with E-state index >= 15 is 0 Å². The maximum atomic E-state index is 12.4. The summed E-state index contributed by atoms with van der Waals surface area (Å²) < 4.78 is 5.23. The van der Waals surface area contributed by atoms with E-state index in [4.69, 9.17) is 9.73 Å². The molecular weight excluding hydrogens is 517 g/mol. The van der Waals surface area contributed by atoms with Crippen molar-refractivity contribution in [3.63, 3.8) is 0 Å². The molecule has 0 aliphatic carbocycles. The van der Waals surface area contributed by atoms with Crippen molar-refractivity contribution in [1.82, 2.24) is 20.4 Å². The number of aliphatic imine (C=N–C) groups is 1. The lowest BCUT2D eigenvalue weighted by Crippen LogP contribution is -2.38. The Balaban J connectivity index is 0.00000512. The monoisotopic (exact) mass is 553 g/mol. The summed E-state index contributed by atoms with van der Waals surface area (Å²) in [7, 11) is 7.65. The van der Waals surface area contributed by atoms with Gasteiger partial charge in [0.1, 0.15) is 5.75 Å². The highest BCUT2D eigenvalue weighted by Crippen LogP contribution is 2.13. The fourth-order valence-electron chi connectivity index (χ4n) is 3.02. The second-order valence-electron chi connectivity index (χ2n) is 7.63. The van der Waals surface area contributed by atoms with Crippen LogP contribution in [0.3, 0.4) is 0 Å². The van der Waals surface area contributed by atoms with Crippen LogP contribution in [0.1, 0.15) is 28.4 Å². The quantitative estimate of drug-likeness (QED) is 0.269. The molecule has 0 saturated heterocycles. The van der Waals surface area contributed by atoms with Gasteiger partial charge in [0.25, 0.3) is 5.91 Å². The Hall–Kier alpha value is -2.33. The Labute approximate surface area is 209 Å². The first-order chi connectivity index (χ1) is 14.9. The lowest BCUT2D eigenvalue weighted by Gasteiger charge is -2.22. The van der Waals surface area contributed by atoms with Gasteiger partial charge in [-0.1, -0.05) is 24.3 Å². The summed E-state index contributed by atoms with van der Waals surface area (Å²) in [6.45, 7) is 5.48. The van der Waals surface area contributed by atoms with E-state index in [0.717, 1.165) is 36.9 Å². The normalized spacial score (nSPS) is 11.0. The average molecular weight is 553 g/mol. The number of carbonyl (C=O) groups is 1. The predicted molar refractivity (Wildman–Crippen MR) is 142 cm³/mol. The van der Waals surface area contributed by atoms with Gasteiger partial charge in [0.2, 0.25) is 0 Å². The third-order valence-electron chi connectivity index (χ3n) is 4.72. The highest BCUT2D eigenvalue weighted by atomic mass is 127. The number of nitrogens with zero attached hydrogens (tertiary/aromatic N) is 3. The molecule has 7 nitrogen and oxygen atoms in total. The van der Waals surface area contributed by atoms with Gasteiger partial charge < -0.3 is 25.2 Å². The van der Waals surface area contributed by atoms with Crippen molar-refractivity contribution in [3.8, 4) is 5.75 Å². The van der Waals surface area contributed by atoms with Gasteiger partial charge >= 0.3 is 0 Å². The molecule has 0 saturated carbocycles. The third-order valence-corrected chi connectivity index (χ3v) is 4.72. The molecule has 8 heteroatoms. The summed E-state index contributed by atoms with van der Waals surface area (Å²) in [6.07, 6.45) is 0. The molecule has 2 aromatic carbocycles. The molecule has 32 heavy (non-hydrogen) atoms. The average Bonchev–Trinajstić information content (AvgIpc) is 2.77. The van der Waals surface area contributed by atoms with Gasteiger partial charge in [0, 0.05) is 38.8 Å². The number of halogens is 1. The minimum absolute atomic E-state index is 0. The molecule has 0 radical (unpaired) electrons. The van der Waals surface area contributed by atoms with E-state index in [0.29, 0.717) is 18.7 Å². The molecule has 0 heterocycles. The fraction of sp³-hybridized carbons (Fsp3) is 0.417. The minimum atomic E-state index is -0.0591. The van der Waals surface area contributed by atoms with Gasteiger partial charge in [-0.2, -0.15) is 0 Å². The maximum Gasteiger partial charge on any atom is 0.251 e. The van der Waals surface area contributed by atoms with Crippen molar-refractivity contribution in [2.45, 2.75) is 20.0 Å². The molecule has 0 unspecified atom stereocenters. The van der Waals surface area contributed by atoms with Crippen LogP contribution in [0.15, 0.2) is 53.5 Å². The number of methoxy groups -OCH3 is 1. The molecular formula is C24H36IN5O2. The maximum absolute atomic E-state index is 12.4. The largest absolute Gasteiger partial charge is 0.497 e. The molecule has 0 fully saturated rings. The van der Waals surface area contributed by atoms with E-state index < -0.39 is 0 Å². The highest BCUT2D eigenvalue weighted by Gasteiger charge is 2.09. The zero-order chi connectivity index (χ0) is 22.6. The van der Waals surface area contributed by atoms with Crippen molar-refractivity contribution in [2.24, 2.45) is 4.99 Å². The Kier molecular flexibility index (Phi) is 12.7. The van der Waals surface area contributed by atoms with E-state index in [2.05, 4.69) is 34.6 Å². The molecule has 0 aliphatic rings. The van der Waals surface area contributed by atoms with Crippen LogP contribution in [0, 0.1) is 0 Å². The van der Waals surface area contributed by atoms with E-state index in [-0.39, 0.29) is 29.9 Å². The lowest BCUT2D eigenvalue weighted by molar-refractivity contribution is 0.0951. The number of hydrogen-bond acceptors (Lipinski definition) is 4. The van der Waals surface area contributed by atoms with Crippen LogP contribution in [0.25, 0.3) is 0 Å². The summed E-state index contributed by atoms with van der Waals surface area (Å²) in [6, 6.07) is 15.7. The van der Waals surface area contributed by atoms with Gasteiger partial charge in [-0.25, -0.2) is 4.99 Å². The zero-order valence-corrected chi connectivity index (χ0v) is 22.1. The van der Waals surface area contributed by atoms with Gasteiger partial charge in [-0.05, 0) is 56.4 Å². The Bertz CT molecular complexity index is 856. The van der Waals surface area contributed by atoms with Crippen molar-refractivity contribution in [2.75, 3.05) is 47.9 Å². The summed E-state index contributed by atoms with van der Waals surface area (Å²) in [5.74, 6) is 1.60. The lowest BCUT2D eigenvalue weighted by atomic mass is 10.1.